The van der Waals surface area contributed by atoms with Gasteiger partial charge in [-0.1, -0.05) is 22.8 Å². The Balaban J connectivity index is 1.38. The maximum Gasteiger partial charge on any atom is 0.241 e. The molecule has 1 N–H and O–H groups in total. The summed E-state index contributed by atoms with van der Waals surface area (Å²) in [5.41, 5.74) is 0.583. The highest BCUT2D eigenvalue weighted by molar-refractivity contribution is 7.13. The van der Waals surface area contributed by atoms with Gasteiger partial charge in [0.2, 0.25) is 17.6 Å². The SMILES string of the molecule is COc1ccc(Cl)cc1NC(=O)C1CCCN(Cc2nc(-c3cccs3)no2)C1. The molecule has 1 aromatic carbocycles. The quantitative estimate of drug-likeness (QED) is 0.625. The van der Waals surface area contributed by atoms with Gasteiger partial charge < -0.3 is 14.6 Å². The molecule has 0 saturated carbocycles. The summed E-state index contributed by atoms with van der Waals surface area (Å²) in [5.74, 6) is 1.58. The van der Waals surface area contributed by atoms with Crippen molar-refractivity contribution < 1.29 is 14.1 Å². The van der Waals surface area contributed by atoms with Gasteiger partial charge in [-0.15, -0.1) is 11.3 Å². The molecule has 29 heavy (non-hydrogen) atoms. The molecule has 1 amide bonds. The molecule has 3 heterocycles. The number of hydrogen-bond acceptors (Lipinski definition) is 7. The predicted octanol–water partition coefficient (Wildman–Crippen LogP) is 4.31. The first kappa shape index (κ1) is 19.9. The normalized spacial score (nSPS) is 17.2. The highest BCUT2D eigenvalue weighted by Gasteiger charge is 2.27. The number of likely N-dealkylation sites (tertiary alicyclic amines) is 1. The number of anilines is 1. The van der Waals surface area contributed by atoms with Crippen molar-refractivity contribution >= 4 is 34.5 Å². The number of nitrogens with zero attached hydrogens (tertiary/aromatic N) is 3. The summed E-state index contributed by atoms with van der Waals surface area (Å²) in [6, 6.07) is 9.09. The number of rotatable bonds is 6. The van der Waals surface area contributed by atoms with E-state index < -0.39 is 0 Å². The molecule has 0 bridgehead atoms. The van der Waals surface area contributed by atoms with E-state index in [-0.39, 0.29) is 11.8 Å². The number of carbonyl (C=O) groups excluding carboxylic acids is 1. The first-order valence-corrected chi connectivity index (χ1v) is 10.6. The van der Waals surface area contributed by atoms with Gasteiger partial charge in [0.05, 0.1) is 30.1 Å². The number of halogens is 1. The lowest BCUT2D eigenvalue weighted by Crippen LogP contribution is -2.40. The van der Waals surface area contributed by atoms with Gasteiger partial charge in [-0.3, -0.25) is 9.69 Å². The summed E-state index contributed by atoms with van der Waals surface area (Å²) in [5, 5.41) is 9.53. The van der Waals surface area contributed by atoms with Crippen molar-refractivity contribution in [3.05, 3.63) is 46.6 Å². The standard InChI is InChI=1S/C20H21ClN4O3S/c1-27-16-7-6-14(21)10-15(16)22-20(26)13-4-2-8-25(11-13)12-18-23-19(24-28-18)17-5-3-9-29-17/h3,5-7,9-10,13H,2,4,8,11-12H2,1H3,(H,22,26). The van der Waals surface area contributed by atoms with Crippen LogP contribution in [0.2, 0.25) is 5.02 Å². The third-order valence-corrected chi connectivity index (χ3v) is 5.97. The number of carbonyl (C=O) groups is 1. The van der Waals surface area contributed by atoms with Crippen LogP contribution in [0, 0.1) is 5.92 Å². The van der Waals surface area contributed by atoms with Gasteiger partial charge in [-0.2, -0.15) is 4.98 Å². The Morgan fingerprint density at radius 3 is 3.14 bits per heavy atom. The summed E-state index contributed by atoms with van der Waals surface area (Å²) in [6.45, 7) is 2.05. The van der Waals surface area contributed by atoms with Crippen LogP contribution in [0.4, 0.5) is 5.69 Å². The second-order valence-corrected chi connectivity index (χ2v) is 8.28. The summed E-state index contributed by atoms with van der Waals surface area (Å²) < 4.78 is 10.7. The predicted molar refractivity (Wildman–Crippen MR) is 112 cm³/mol. The minimum atomic E-state index is -0.132. The molecule has 4 rings (SSSR count). The molecule has 152 valence electrons. The monoisotopic (exact) mass is 432 g/mol. The zero-order chi connectivity index (χ0) is 20.2. The lowest BCUT2D eigenvalue weighted by atomic mass is 9.97. The Hall–Kier alpha value is -2.42. The van der Waals surface area contributed by atoms with Crippen LogP contribution in [0.3, 0.4) is 0 Å². The zero-order valence-corrected chi connectivity index (χ0v) is 17.5. The van der Waals surface area contributed by atoms with Gasteiger partial charge in [-0.25, -0.2) is 0 Å². The van der Waals surface area contributed by atoms with Crippen LogP contribution in [0.25, 0.3) is 10.7 Å². The second-order valence-electron chi connectivity index (χ2n) is 6.90. The van der Waals surface area contributed by atoms with Crippen molar-refractivity contribution in [1.82, 2.24) is 15.0 Å². The average Bonchev–Trinajstić information content (AvgIpc) is 3.40. The van der Waals surface area contributed by atoms with E-state index >= 15 is 0 Å². The van der Waals surface area contributed by atoms with E-state index in [0.717, 1.165) is 24.3 Å². The lowest BCUT2D eigenvalue weighted by Gasteiger charge is -2.31. The van der Waals surface area contributed by atoms with Gasteiger partial charge in [0.1, 0.15) is 5.75 Å². The highest BCUT2D eigenvalue weighted by atomic mass is 35.5. The van der Waals surface area contributed by atoms with E-state index in [1.165, 1.54) is 0 Å². The average molecular weight is 433 g/mol. The number of ether oxygens (including phenoxy) is 1. The zero-order valence-electron chi connectivity index (χ0n) is 15.9. The van der Waals surface area contributed by atoms with E-state index in [2.05, 4.69) is 20.4 Å². The number of nitrogens with one attached hydrogen (secondary N) is 1. The fraction of sp³-hybridized carbons (Fsp3) is 0.350. The third kappa shape index (κ3) is 4.77. The number of hydrogen-bond donors (Lipinski definition) is 1. The Morgan fingerprint density at radius 2 is 2.34 bits per heavy atom. The molecule has 7 nitrogen and oxygen atoms in total. The molecule has 3 aromatic rings. The van der Waals surface area contributed by atoms with Crippen LogP contribution in [-0.2, 0) is 11.3 Å². The van der Waals surface area contributed by atoms with Gasteiger partial charge in [-0.05, 0) is 49.0 Å². The van der Waals surface area contributed by atoms with Crippen LogP contribution in [0.1, 0.15) is 18.7 Å². The maximum atomic E-state index is 12.8. The minimum Gasteiger partial charge on any atom is -0.495 e. The van der Waals surface area contributed by atoms with E-state index in [1.54, 1.807) is 36.6 Å². The number of aromatic nitrogens is 2. The van der Waals surface area contributed by atoms with E-state index in [4.69, 9.17) is 20.9 Å². The van der Waals surface area contributed by atoms with Crippen molar-refractivity contribution in [2.45, 2.75) is 19.4 Å². The van der Waals surface area contributed by atoms with Crippen LogP contribution >= 0.6 is 22.9 Å². The van der Waals surface area contributed by atoms with Crippen molar-refractivity contribution in [3.63, 3.8) is 0 Å². The van der Waals surface area contributed by atoms with Crippen LogP contribution in [0.15, 0.2) is 40.2 Å². The summed E-state index contributed by atoms with van der Waals surface area (Å²) in [4.78, 5) is 20.4. The fourth-order valence-electron chi connectivity index (χ4n) is 3.44. The molecule has 1 aliphatic heterocycles. The molecule has 1 atom stereocenters. The largest absolute Gasteiger partial charge is 0.495 e. The Labute approximate surface area is 177 Å². The number of benzene rings is 1. The molecular weight excluding hydrogens is 412 g/mol. The molecular formula is C20H21ClN4O3S. The molecule has 1 fully saturated rings. The fourth-order valence-corrected chi connectivity index (χ4v) is 4.26. The number of methoxy groups -OCH3 is 1. The lowest BCUT2D eigenvalue weighted by molar-refractivity contribution is -0.121. The summed E-state index contributed by atoms with van der Waals surface area (Å²) in [7, 11) is 1.57. The highest BCUT2D eigenvalue weighted by Crippen LogP contribution is 2.29. The van der Waals surface area contributed by atoms with E-state index in [0.29, 0.717) is 41.3 Å². The molecule has 1 unspecified atom stereocenters. The Bertz CT molecular complexity index is 976. The topological polar surface area (TPSA) is 80.5 Å². The van der Waals surface area contributed by atoms with Crippen LogP contribution < -0.4 is 10.1 Å². The van der Waals surface area contributed by atoms with Gasteiger partial charge >= 0.3 is 0 Å². The molecule has 1 saturated heterocycles. The summed E-state index contributed by atoms with van der Waals surface area (Å²) >= 11 is 7.63. The number of amides is 1. The van der Waals surface area contributed by atoms with Gasteiger partial charge in [0, 0.05) is 11.6 Å². The van der Waals surface area contributed by atoms with Crippen molar-refractivity contribution in [1.29, 1.82) is 0 Å². The van der Waals surface area contributed by atoms with Crippen LogP contribution in [0.5, 0.6) is 5.75 Å². The summed E-state index contributed by atoms with van der Waals surface area (Å²) in [6.07, 6.45) is 1.76. The van der Waals surface area contributed by atoms with E-state index in [1.807, 2.05) is 17.5 Å². The molecule has 0 spiro atoms. The van der Waals surface area contributed by atoms with Crippen LogP contribution in [-0.4, -0.2) is 41.1 Å². The van der Waals surface area contributed by atoms with Crippen molar-refractivity contribution in [2.75, 3.05) is 25.5 Å². The van der Waals surface area contributed by atoms with Gasteiger partial charge in [0.15, 0.2) is 0 Å². The molecule has 2 aromatic heterocycles. The molecule has 1 aliphatic rings. The second kappa shape index (κ2) is 8.94. The molecule has 0 aliphatic carbocycles. The van der Waals surface area contributed by atoms with Crippen molar-refractivity contribution in [3.8, 4) is 16.5 Å². The Kier molecular flexibility index (Phi) is 6.13. The first-order valence-electron chi connectivity index (χ1n) is 9.35. The molecule has 9 heteroatoms. The third-order valence-electron chi connectivity index (χ3n) is 4.86. The molecule has 0 radical (unpaired) electrons. The minimum absolute atomic E-state index is 0.0416. The first-order chi connectivity index (χ1) is 14.1. The Morgan fingerprint density at radius 1 is 1.45 bits per heavy atom. The maximum absolute atomic E-state index is 12.8. The smallest absolute Gasteiger partial charge is 0.241 e. The number of piperidine rings is 1. The number of thiophene rings is 1. The van der Waals surface area contributed by atoms with E-state index in [9.17, 15) is 4.79 Å². The van der Waals surface area contributed by atoms with Gasteiger partial charge in [0.25, 0.3) is 0 Å². The van der Waals surface area contributed by atoms with Crippen molar-refractivity contribution in [2.24, 2.45) is 5.92 Å².